The van der Waals surface area contributed by atoms with E-state index in [2.05, 4.69) is 5.32 Å². The monoisotopic (exact) mass is 185 g/mol. The number of nitrogens with one attached hydrogen (secondary N) is 1. The van der Waals surface area contributed by atoms with Gasteiger partial charge in [-0.15, -0.1) is 0 Å². The van der Waals surface area contributed by atoms with Crippen molar-refractivity contribution in [3.63, 3.8) is 0 Å². The van der Waals surface area contributed by atoms with Crippen molar-refractivity contribution >= 4 is 0 Å². The highest BCUT2D eigenvalue weighted by Crippen LogP contribution is 2.20. The molecule has 0 saturated heterocycles. The fourth-order valence-electron chi connectivity index (χ4n) is 1.02. The lowest BCUT2D eigenvalue weighted by Gasteiger charge is -2.10. The summed E-state index contributed by atoms with van der Waals surface area (Å²) in [5.74, 6) is -0.304. The molecule has 0 aromatic heterocycles. The second kappa shape index (κ2) is 4.20. The second-order valence-electron chi connectivity index (χ2n) is 2.59. The van der Waals surface area contributed by atoms with E-state index in [1.807, 2.05) is 0 Å². The van der Waals surface area contributed by atoms with E-state index in [4.69, 9.17) is 4.74 Å². The summed E-state index contributed by atoms with van der Waals surface area (Å²) in [6, 6.07) is 4.31. The average Bonchev–Trinajstić information content (AvgIpc) is 2.16. The lowest BCUT2D eigenvalue weighted by Crippen LogP contribution is -2.15. The minimum absolute atomic E-state index is 0.173. The Hall–Kier alpha value is -1.13. The molecule has 0 aliphatic heterocycles. The normalized spacial score (nSPS) is 12.6. The molecule has 0 aliphatic carbocycles. The van der Waals surface area contributed by atoms with Crippen LogP contribution in [0.15, 0.2) is 18.2 Å². The third-order valence-corrected chi connectivity index (χ3v) is 1.77. The van der Waals surface area contributed by atoms with Crippen molar-refractivity contribution in [2.24, 2.45) is 0 Å². The van der Waals surface area contributed by atoms with Gasteiger partial charge in [-0.2, -0.15) is 0 Å². The molecule has 0 aliphatic rings. The van der Waals surface area contributed by atoms with Crippen LogP contribution in [0, 0.1) is 5.82 Å². The minimum Gasteiger partial charge on any atom is -0.494 e. The van der Waals surface area contributed by atoms with Crippen molar-refractivity contribution in [3.05, 3.63) is 29.6 Å². The molecular weight excluding hydrogens is 173 g/mol. The van der Waals surface area contributed by atoms with Crippen LogP contribution in [0.1, 0.15) is 11.8 Å². The van der Waals surface area contributed by atoms with E-state index in [-0.39, 0.29) is 5.75 Å². The zero-order valence-electron chi connectivity index (χ0n) is 7.54. The molecule has 0 saturated carbocycles. The van der Waals surface area contributed by atoms with E-state index >= 15 is 0 Å². The molecule has 1 aromatic rings. The van der Waals surface area contributed by atoms with Crippen LogP contribution >= 0.6 is 0 Å². The van der Waals surface area contributed by atoms with Crippen molar-refractivity contribution in [2.75, 3.05) is 14.2 Å². The van der Waals surface area contributed by atoms with Crippen LogP contribution in [0.2, 0.25) is 0 Å². The molecule has 4 heteroatoms. The first-order valence-electron chi connectivity index (χ1n) is 3.87. The van der Waals surface area contributed by atoms with Gasteiger partial charge >= 0.3 is 0 Å². The first-order chi connectivity index (χ1) is 6.19. The topological polar surface area (TPSA) is 41.5 Å². The van der Waals surface area contributed by atoms with Crippen molar-refractivity contribution in [2.45, 2.75) is 6.23 Å². The third kappa shape index (κ3) is 2.17. The molecule has 3 nitrogen and oxygen atoms in total. The number of hydrogen-bond donors (Lipinski definition) is 2. The molecule has 0 radical (unpaired) electrons. The summed E-state index contributed by atoms with van der Waals surface area (Å²) in [5, 5.41) is 11.9. The highest BCUT2D eigenvalue weighted by molar-refractivity contribution is 5.30. The van der Waals surface area contributed by atoms with Gasteiger partial charge in [0.25, 0.3) is 0 Å². The van der Waals surface area contributed by atoms with Crippen LogP contribution in [-0.2, 0) is 0 Å². The molecule has 0 bridgehead atoms. The predicted molar refractivity (Wildman–Crippen MR) is 47.0 cm³/mol. The molecule has 1 rings (SSSR count). The van der Waals surface area contributed by atoms with Crippen molar-refractivity contribution < 1.29 is 14.2 Å². The Labute approximate surface area is 76.1 Å². The van der Waals surface area contributed by atoms with E-state index in [9.17, 15) is 9.50 Å². The summed E-state index contributed by atoms with van der Waals surface area (Å²) in [6.45, 7) is 0. The summed E-state index contributed by atoms with van der Waals surface area (Å²) in [7, 11) is 2.99. The summed E-state index contributed by atoms with van der Waals surface area (Å²) in [5.41, 5.74) is 0.473. The maximum atomic E-state index is 13.1. The molecule has 1 unspecified atom stereocenters. The number of halogens is 1. The van der Waals surface area contributed by atoms with Crippen LogP contribution in [0.25, 0.3) is 0 Å². The zero-order valence-corrected chi connectivity index (χ0v) is 7.54. The Morgan fingerprint density at radius 1 is 1.54 bits per heavy atom. The molecular formula is C9H12FNO2. The van der Waals surface area contributed by atoms with E-state index in [0.29, 0.717) is 5.56 Å². The Balaban J connectivity index is 2.95. The first kappa shape index (κ1) is 9.95. The number of benzene rings is 1. The standard InChI is InChI=1S/C9H12FNO2/c1-11-9(12)6-3-4-8(13-2)7(10)5-6/h3-5,9,11-12H,1-2H3. The highest BCUT2D eigenvalue weighted by Gasteiger charge is 2.08. The molecule has 1 atom stereocenters. The van der Waals surface area contributed by atoms with Gasteiger partial charge in [-0.1, -0.05) is 6.07 Å². The lowest BCUT2D eigenvalue weighted by atomic mass is 10.2. The number of aliphatic hydroxyl groups excluding tert-OH is 1. The Morgan fingerprint density at radius 3 is 2.69 bits per heavy atom. The van der Waals surface area contributed by atoms with Gasteiger partial charge in [-0.05, 0) is 24.7 Å². The number of rotatable bonds is 3. The largest absolute Gasteiger partial charge is 0.494 e. The van der Waals surface area contributed by atoms with Crippen molar-refractivity contribution in [1.29, 1.82) is 0 Å². The summed E-state index contributed by atoms with van der Waals surface area (Å²) < 4.78 is 17.8. The molecule has 0 fully saturated rings. The molecule has 0 heterocycles. The van der Waals surface area contributed by atoms with Gasteiger partial charge in [0, 0.05) is 0 Å². The van der Waals surface area contributed by atoms with Crippen molar-refractivity contribution in [1.82, 2.24) is 5.32 Å². The average molecular weight is 185 g/mol. The van der Waals surface area contributed by atoms with Crippen LogP contribution in [0.4, 0.5) is 4.39 Å². The SMILES string of the molecule is CNC(O)c1ccc(OC)c(F)c1. The summed E-state index contributed by atoms with van der Waals surface area (Å²) >= 11 is 0. The molecule has 0 amide bonds. The van der Waals surface area contributed by atoms with Crippen LogP contribution < -0.4 is 10.1 Å². The van der Waals surface area contributed by atoms with Crippen LogP contribution in [-0.4, -0.2) is 19.3 Å². The predicted octanol–water partition coefficient (Wildman–Crippen LogP) is 1.04. The molecule has 13 heavy (non-hydrogen) atoms. The van der Waals surface area contributed by atoms with Gasteiger partial charge in [-0.3, -0.25) is 5.32 Å². The molecule has 0 spiro atoms. The van der Waals surface area contributed by atoms with E-state index in [0.717, 1.165) is 0 Å². The summed E-state index contributed by atoms with van der Waals surface area (Å²) in [4.78, 5) is 0. The Bertz CT molecular complexity index is 291. The number of aliphatic hydroxyl groups is 1. The fraction of sp³-hybridized carbons (Fsp3) is 0.333. The van der Waals surface area contributed by atoms with Crippen LogP contribution in [0.3, 0.4) is 0 Å². The smallest absolute Gasteiger partial charge is 0.165 e. The first-order valence-corrected chi connectivity index (χ1v) is 3.87. The van der Waals surface area contributed by atoms with Gasteiger partial charge in [0.2, 0.25) is 0 Å². The van der Waals surface area contributed by atoms with Gasteiger partial charge in [0.1, 0.15) is 6.23 Å². The fourth-order valence-corrected chi connectivity index (χ4v) is 1.02. The molecule has 72 valence electrons. The lowest BCUT2D eigenvalue weighted by molar-refractivity contribution is 0.149. The third-order valence-electron chi connectivity index (χ3n) is 1.77. The van der Waals surface area contributed by atoms with Gasteiger partial charge in [-0.25, -0.2) is 4.39 Å². The van der Waals surface area contributed by atoms with Gasteiger partial charge in [0.15, 0.2) is 11.6 Å². The van der Waals surface area contributed by atoms with Gasteiger partial charge < -0.3 is 9.84 Å². The zero-order chi connectivity index (χ0) is 9.84. The molecule has 2 N–H and O–H groups in total. The van der Waals surface area contributed by atoms with Gasteiger partial charge in [0.05, 0.1) is 7.11 Å². The second-order valence-corrected chi connectivity index (χ2v) is 2.59. The maximum Gasteiger partial charge on any atom is 0.165 e. The van der Waals surface area contributed by atoms with Crippen LogP contribution in [0.5, 0.6) is 5.75 Å². The number of ether oxygens (including phenoxy) is 1. The van der Waals surface area contributed by atoms with E-state index in [1.54, 1.807) is 13.1 Å². The van der Waals surface area contributed by atoms with Crippen molar-refractivity contribution in [3.8, 4) is 5.75 Å². The Morgan fingerprint density at radius 2 is 2.23 bits per heavy atom. The highest BCUT2D eigenvalue weighted by atomic mass is 19.1. The number of methoxy groups -OCH3 is 1. The quantitative estimate of drug-likeness (QED) is 0.691. The molecule has 1 aromatic carbocycles. The van der Waals surface area contributed by atoms with E-state index in [1.165, 1.54) is 19.2 Å². The summed E-state index contributed by atoms with van der Waals surface area (Å²) in [6.07, 6.45) is -0.847. The Kier molecular flexibility index (Phi) is 3.22. The number of hydrogen-bond acceptors (Lipinski definition) is 3. The minimum atomic E-state index is -0.847. The van der Waals surface area contributed by atoms with E-state index < -0.39 is 12.0 Å². The maximum absolute atomic E-state index is 13.1.